The number of carboxylic acids is 1. The molecule has 0 bridgehead atoms. The van der Waals surface area contributed by atoms with Gasteiger partial charge in [0.25, 0.3) is 0 Å². The molecule has 0 aliphatic carbocycles. The van der Waals surface area contributed by atoms with Gasteiger partial charge in [0, 0.05) is 31.7 Å². The molecule has 5 N–H and O–H groups in total. The van der Waals surface area contributed by atoms with E-state index in [2.05, 4.69) is 21.3 Å². The molecule has 0 aliphatic heterocycles. The Morgan fingerprint density at radius 1 is 0.771 bits per heavy atom. The van der Waals surface area contributed by atoms with E-state index >= 15 is 0 Å². The van der Waals surface area contributed by atoms with E-state index in [-0.39, 0.29) is 41.7 Å². The first-order valence-electron chi connectivity index (χ1n) is 17.3. The predicted octanol–water partition coefficient (Wildman–Crippen LogP) is 5.01. The summed E-state index contributed by atoms with van der Waals surface area (Å²) >= 11 is 3.09. The van der Waals surface area contributed by atoms with Gasteiger partial charge >= 0.3 is 5.97 Å². The highest BCUT2D eigenvalue weighted by atomic mass is 32.2. The molecule has 0 aromatic carbocycles. The van der Waals surface area contributed by atoms with Crippen LogP contribution in [0.2, 0.25) is 0 Å². The summed E-state index contributed by atoms with van der Waals surface area (Å²) in [6, 6.07) is -0.682. The number of carboxylic acid groups (broad SMARTS) is 1. The highest BCUT2D eigenvalue weighted by molar-refractivity contribution is 8.00. The average Bonchev–Trinajstić information content (AvgIpc) is 2.93. The standard InChI is InChI=1S/C35H66N4O7S2/c1-24(2)47-21-28(40)36-16-12-13-27(39-29(41)22-48-25(3)4)31(44)38-20-26(5)14-18-46-35(10,11)15-17-37-32(45)34(8,9)23-33(6,7)19-30(42)43/h24-27H,12-23H2,1-11H3,(H,36,40)(H,37,45)(H,38,44)(H,39,41)(H,42,43)/t26?,27-/m0/s1. The van der Waals surface area contributed by atoms with Crippen LogP contribution in [0.1, 0.15) is 115 Å². The van der Waals surface area contributed by atoms with Crippen LogP contribution in [0.5, 0.6) is 0 Å². The molecule has 0 radical (unpaired) electrons. The Labute approximate surface area is 298 Å². The number of carbonyl (C=O) groups is 5. The summed E-state index contributed by atoms with van der Waals surface area (Å²) in [5.41, 5.74) is -1.69. The normalized spacial score (nSPS) is 13.6. The maximum absolute atomic E-state index is 13.1. The smallest absolute Gasteiger partial charge is 0.303 e. The lowest BCUT2D eigenvalue weighted by molar-refractivity contribution is -0.141. The number of ether oxygens (including phenoxy) is 1. The second-order valence-electron chi connectivity index (χ2n) is 15.4. The third-order valence-corrected chi connectivity index (χ3v) is 9.84. The molecule has 0 rings (SSSR count). The van der Waals surface area contributed by atoms with Crippen molar-refractivity contribution in [2.45, 2.75) is 137 Å². The molecule has 280 valence electrons. The topological polar surface area (TPSA) is 163 Å². The van der Waals surface area contributed by atoms with Crippen molar-refractivity contribution in [3.8, 4) is 0 Å². The van der Waals surface area contributed by atoms with E-state index in [1.807, 2.05) is 76.2 Å². The van der Waals surface area contributed by atoms with Crippen LogP contribution in [0.15, 0.2) is 0 Å². The quantitative estimate of drug-likeness (QED) is 0.0774. The maximum atomic E-state index is 13.1. The summed E-state index contributed by atoms with van der Waals surface area (Å²) < 4.78 is 6.14. The number of rotatable bonds is 26. The number of aliphatic carboxylic acids is 1. The minimum atomic E-state index is -0.873. The molecule has 0 aliphatic rings. The summed E-state index contributed by atoms with van der Waals surface area (Å²) in [7, 11) is 0. The van der Waals surface area contributed by atoms with Gasteiger partial charge in [0.15, 0.2) is 0 Å². The van der Waals surface area contributed by atoms with E-state index in [4.69, 9.17) is 4.74 Å². The fraction of sp³-hybridized carbons (Fsp3) is 0.857. The van der Waals surface area contributed by atoms with Crippen LogP contribution >= 0.6 is 23.5 Å². The van der Waals surface area contributed by atoms with Crippen molar-refractivity contribution in [3.05, 3.63) is 0 Å². The van der Waals surface area contributed by atoms with Crippen LogP contribution in [0.3, 0.4) is 0 Å². The highest BCUT2D eigenvalue weighted by Crippen LogP contribution is 2.36. The van der Waals surface area contributed by atoms with E-state index in [1.165, 1.54) is 11.8 Å². The van der Waals surface area contributed by atoms with Crippen LogP contribution in [-0.4, -0.2) is 94.6 Å². The van der Waals surface area contributed by atoms with Crippen molar-refractivity contribution in [1.82, 2.24) is 21.3 Å². The van der Waals surface area contributed by atoms with E-state index in [0.717, 1.165) is 0 Å². The first-order valence-corrected chi connectivity index (χ1v) is 19.4. The van der Waals surface area contributed by atoms with Gasteiger partial charge in [-0.1, -0.05) is 62.3 Å². The number of hydrogen-bond donors (Lipinski definition) is 5. The van der Waals surface area contributed by atoms with Gasteiger partial charge in [-0.25, -0.2) is 0 Å². The van der Waals surface area contributed by atoms with Crippen molar-refractivity contribution >= 4 is 53.1 Å². The fourth-order valence-electron chi connectivity index (χ4n) is 5.15. The Hall–Kier alpha value is -1.99. The van der Waals surface area contributed by atoms with Gasteiger partial charge in [-0.05, 0) is 67.8 Å². The molecule has 0 fully saturated rings. The molecule has 0 aromatic rings. The molecule has 2 atom stereocenters. The number of nitrogens with one attached hydrogen (secondary N) is 4. The fourth-order valence-corrected chi connectivity index (χ4v) is 6.30. The monoisotopic (exact) mass is 718 g/mol. The predicted molar refractivity (Wildman–Crippen MR) is 198 cm³/mol. The van der Waals surface area contributed by atoms with Crippen LogP contribution in [-0.2, 0) is 28.7 Å². The van der Waals surface area contributed by atoms with E-state index < -0.39 is 28.4 Å². The van der Waals surface area contributed by atoms with Gasteiger partial charge in [-0.2, -0.15) is 0 Å². The molecule has 13 heteroatoms. The summed E-state index contributed by atoms with van der Waals surface area (Å²) in [6.45, 7) is 23.3. The SMILES string of the molecule is CC(CCOC(C)(C)CCNC(=O)C(C)(C)CC(C)(C)CC(=O)O)CNC(=O)[C@H](CCCNC(=O)CSC(C)C)NC(=O)CSC(C)C. The Kier molecular flexibility index (Phi) is 21.7. The third-order valence-electron chi connectivity index (χ3n) is 7.64. The molecule has 1 unspecified atom stereocenters. The molecular weight excluding hydrogens is 653 g/mol. The van der Waals surface area contributed by atoms with Gasteiger partial charge in [0.2, 0.25) is 23.6 Å². The summed E-state index contributed by atoms with van der Waals surface area (Å²) in [4.78, 5) is 61.7. The van der Waals surface area contributed by atoms with Crippen molar-refractivity contribution in [3.63, 3.8) is 0 Å². The molecule has 48 heavy (non-hydrogen) atoms. The van der Waals surface area contributed by atoms with E-state index in [1.54, 1.807) is 11.8 Å². The summed E-state index contributed by atoms with van der Waals surface area (Å²) in [6.07, 6.45) is 2.75. The first kappa shape index (κ1) is 46.0. The largest absolute Gasteiger partial charge is 0.481 e. The Morgan fingerprint density at radius 2 is 1.35 bits per heavy atom. The Morgan fingerprint density at radius 3 is 1.92 bits per heavy atom. The van der Waals surface area contributed by atoms with Gasteiger partial charge in [-0.15, -0.1) is 23.5 Å². The molecule has 0 saturated carbocycles. The van der Waals surface area contributed by atoms with Crippen molar-refractivity contribution < 1.29 is 33.8 Å². The lowest BCUT2D eigenvalue weighted by Crippen LogP contribution is -2.48. The van der Waals surface area contributed by atoms with Gasteiger partial charge in [0.1, 0.15) is 6.04 Å². The minimum absolute atomic E-state index is 0.000585. The number of thioether (sulfide) groups is 2. The maximum Gasteiger partial charge on any atom is 0.303 e. The summed E-state index contributed by atoms with van der Waals surface area (Å²) in [5.74, 6) is -0.634. The average molecular weight is 719 g/mol. The van der Waals surface area contributed by atoms with E-state index in [0.29, 0.717) is 74.6 Å². The second-order valence-corrected chi connectivity index (χ2v) is 18.5. The van der Waals surface area contributed by atoms with Crippen LogP contribution in [0.4, 0.5) is 0 Å². The first-order chi connectivity index (χ1) is 22.0. The third kappa shape index (κ3) is 23.4. The van der Waals surface area contributed by atoms with Crippen molar-refractivity contribution in [2.24, 2.45) is 16.7 Å². The molecule has 0 spiro atoms. The zero-order valence-electron chi connectivity index (χ0n) is 31.5. The zero-order chi connectivity index (χ0) is 37.1. The number of hydrogen-bond acceptors (Lipinski definition) is 8. The second kappa shape index (κ2) is 22.7. The minimum Gasteiger partial charge on any atom is -0.481 e. The lowest BCUT2D eigenvalue weighted by Gasteiger charge is -2.33. The molecule has 0 saturated heterocycles. The summed E-state index contributed by atoms with van der Waals surface area (Å²) in [5, 5.41) is 21.6. The van der Waals surface area contributed by atoms with Crippen LogP contribution in [0.25, 0.3) is 0 Å². The molecule has 0 heterocycles. The molecular formula is C35H66N4O7S2. The Bertz CT molecular complexity index is 1020. The van der Waals surface area contributed by atoms with Gasteiger partial charge in [0.05, 0.1) is 23.5 Å². The van der Waals surface area contributed by atoms with Gasteiger partial charge in [-0.3, -0.25) is 24.0 Å². The molecule has 11 nitrogen and oxygen atoms in total. The van der Waals surface area contributed by atoms with Gasteiger partial charge < -0.3 is 31.1 Å². The van der Waals surface area contributed by atoms with E-state index in [9.17, 15) is 29.1 Å². The molecule has 4 amide bonds. The zero-order valence-corrected chi connectivity index (χ0v) is 33.1. The van der Waals surface area contributed by atoms with Crippen LogP contribution in [0, 0.1) is 16.7 Å². The Balaban J connectivity index is 4.75. The molecule has 0 aromatic heterocycles. The lowest BCUT2D eigenvalue weighted by atomic mass is 9.73. The number of carbonyl (C=O) groups excluding carboxylic acids is 4. The van der Waals surface area contributed by atoms with Crippen molar-refractivity contribution in [2.75, 3.05) is 37.7 Å². The highest BCUT2D eigenvalue weighted by Gasteiger charge is 2.36. The van der Waals surface area contributed by atoms with Crippen molar-refractivity contribution in [1.29, 1.82) is 0 Å². The van der Waals surface area contributed by atoms with Crippen LogP contribution < -0.4 is 21.3 Å². The number of amides is 4.